The number of nitrogens with two attached hydrogens (primary N) is 1. The van der Waals surface area contributed by atoms with Gasteiger partial charge in [0.1, 0.15) is 11.6 Å². The number of anilines is 1. The van der Waals surface area contributed by atoms with Gasteiger partial charge in [-0.2, -0.15) is 0 Å². The summed E-state index contributed by atoms with van der Waals surface area (Å²) in [6, 6.07) is 2.87. The first kappa shape index (κ1) is 22.3. The number of amides is 1. The third kappa shape index (κ3) is 4.36. The van der Waals surface area contributed by atoms with Crippen LogP contribution in [0.3, 0.4) is 0 Å². The van der Waals surface area contributed by atoms with Crippen molar-refractivity contribution in [3.63, 3.8) is 0 Å². The molecule has 2 fully saturated rings. The van der Waals surface area contributed by atoms with Gasteiger partial charge in [0, 0.05) is 57.3 Å². The zero-order valence-corrected chi connectivity index (χ0v) is 17.6. The monoisotopic (exact) mass is 452 g/mol. The number of halogens is 4. The van der Waals surface area contributed by atoms with Crippen molar-refractivity contribution in [3.05, 3.63) is 41.6 Å². The highest BCUT2D eigenvalue weighted by molar-refractivity contribution is 6.04. The summed E-state index contributed by atoms with van der Waals surface area (Å²) in [5, 5.41) is 0. The molecular formula is C22H24F4N4O2. The van der Waals surface area contributed by atoms with Gasteiger partial charge in [0.2, 0.25) is 5.88 Å². The van der Waals surface area contributed by atoms with Crippen LogP contribution in [0.2, 0.25) is 0 Å². The largest absolute Gasteiger partial charge is 0.480 e. The third-order valence-electron chi connectivity index (χ3n) is 5.91. The quantitative estimate of drug-likeness (QED) is 0.720. The zero-order chi connectivity index (χ0) is 23.0. The van der Waals surface area contributed by atoms with E-state index in [-0.39, 0.29) is 41.7 Å². The molecule has 1 aromatic carbocycles. The molecule has 1 aromatic heterocycles. The van der Waals surface area contributed by atoms with Gasteiger partial charge in [0.25, 0.3) is 11.8 Å². The van der Waals surface area contributed by atoms with Crippen molar-refractivity contribution in [2.45, 2.75) is 31.2 Å². The van der Waals surface area contributed by atoms with Crippen molar-refractivity contribution in [1.29, 1.82) is 0 Å². The van der Waals surface area contributed by atoms with Gasteiger partial charge >= 0.3 is 0 Å². The Balaban J connectivity index is 1.86. The standard InChI is InChI=1S/C22H24F4N4O2/c1-32-20-18(13-8-14(23)10-15(24)9-13)19(30-5-2-16(27)12-30)17(11-28-20)21(31)29-6-3-22(25,26)4-7-29/h8-11,16H,2-7,12,27H2,1H3/t16-/m0/s1. The zero-order valence-electron chi connectivity index (χ0n) is 17.6. The molecule has 0 bridgehead atoms. The number of rotatable bonds is 4. The van der Waals surface area contributed by atoms with Crippen LogP contribution in [0.1, 0.15) is 29.6 Å². The summed E-state index contributed by atoms with van der Waals surface area (Å²) < 4.78 is 60.7. The minimum Gasteiger partial charge on any atom is -0.480 e. The number of nitrogens with zero attached hydrogens (tertiary/aromatic N) is 3. The molecule has 0 unspecified atom stereocenters. The maximum atomic E-state index is 14.1. The lowest BCUT2D eigenvalue weighted by Gasteiger charge is -2.33. The van der Waals surface area contributed by atoms with Gasteiger partial charge in [-0.15, -0.1) is 0 Å². The predicted molar refractivity (Wildman–Crippen MR) is 111 cm³/mol. The van der Waals surface area contributed by atoms with E-state index in [1.54, 1.807) is 0 Å². The van der Waals surface area contributed by atoms with Crippen molar-refractivity contribution in [1.82, 2.24) is 9.88 Å². The number of ether oxygens (including phenoxy) is 1. The molecule has 2 aromatic rings. The minimum atomic E-state index is -2.80. The van der Waals surface area contributed by atoms with Gasteiger partial charge in [0.05, 0.1) is 23.9 Å². The second kappa shape index (κ2) is 8.57. The fourth-order valence-electron chi connectivity index (χ4n) is 4.28. The van der Waals surface area contributed by atoms with E-state index in [1.807, 2.05) is 4.90 Å². The van der Waals surface area contributed by atoms with Crippen LogP contribution in [0.15, 0.2) is 24.4 Å². The normalized spacial score (nSPS) is 20.5. The number of aromatic nitrogens is 1. The van der Waals surface area contributed by atoms with Crippen LogP contribution in [0.25, 0.3) is 11.1 Å². The van der Waals surface area contributed by atoms with Crippen LogP contribution >= 0.6 is 0 Å². The summed E-state index contributed by atoms with van der Waals surface area (Å²) in [5.74, 6) is -4.76. The lowest BCUT2D eigenvalue weighted by molar-refractivity contribution is -0.0494. The van der Waals surface area contributed by atoms with Crippen LogP contribution < -0.4 is 15.4 Å². The summed E-state index contributed by atoms with van der Waals surface area (Å²) in [6.07, 6.45) is 1.14. The van der Waals surface area contributed by atoms with Crippen LogP contribution in [0, 0.1) is 11.6 Å². The fourth-order valence-corrected chi connectivity index (χ4v) is 4.28. The van der Waals surface area contributed by atoms with Crippen molar-refractivity contribution < 1.29 is 27.1 Å². The molecule has 2 N–H and O–H groups in total. The molecule has 2 aliphatic rings. The van der Waals surface area contributed by atoms with Crippen molar-refractivity contribution in [3.8, 4) is 17.0 Å². The molecule has 4 rings (SSSR count). The van der Waals surface area contributed by atoms with Crippen LogP contribution in [-0.4, -0.2) is 61.0 Å². The maximum Gasteiger partial charge on any atom is 0.257 e. The van der Waals surface area contributed by atoms with Gasteiger partial charge in [0.15, 0.2) is 0 Å². The highest BCUT2D eigenvalue weighted by Gasteiger charge is 2.38. The van der Waals surface area contributed by atoms with Gasteiger partial charge < -0.3 is 20.3 Å². The molecule has 10 heteroatoms. The minimum absolute atomic E-state index is 0.0900. The number of carbonyl (C=O) groups excluding carboxylic acids is 1. The lowest BCUT2D eigenvalue weighted by atomic mass is 9.99. The summed E-state index contributed by atoms with van der Waals surface area (Å²) in [4.78, 5) is 20.8. The van der Waals surface area contributed by atoms with Crippen LogP contribution in [-0.2, 0) is 0 Å². The van der Waals surface area contributed by atoms with E-state index in [0.717, 1.165) is 18.2 Å². The number of benzene rings is 1. The second-order valence-corrected chi connectivity index (χ2v) is 8.21. The summed E-state index contributed by atoms with van der Waals surface area (Å²) in [5.41, 5.74) is 7.04. The van der Waals surface area contributed by atoms with E-state index < -0.39 is 36.3 Å². The first-order valence-electron chi connectivity index (χ1n) is 10.4. The van der Waals surface area contributed by atoms with Crippen molar-refractivity contribution >= 4 is 11.6 Å². The average Bonchev–Trinajstić information content (AvgIpc) is 3.17. The van der Waals surface area contributed by atoms with Gasteiger partial charge in [-0.25, -0.2) is 22.5 Å². The van der Waals surface area contributed by atoms with E-state index >= 15 is 0 Å². The molecular weight excluding hydrogens is 428 g/mol. The van der Waals surface area contributed by atoms with Gasteiger partial charge in [-0.3, -0.25) is 4.79 Å². The van der Waals surface area contributed by atoms with E-state index in [9.17, 15) is 22.4 Å². The first-order chi connectivity index (χ1) is 15.2. The molecule has 0 saturated carbocycles. The highest BCUT2D eigenvalue weighted by atomic mass is 19.3. The maximum absolute atomic E-state index is 14.1. The number of hydrogen-bond donors (Lipinski definition) is 1. The van der Waals surface area contributed by atoms with E-state index in [4.69, 9.17) is 10.5 Å². The molecule has 0 aliphatic carbocycles. The number of piperidine rings is 1. The van der Waals surface area contributed by atoms with E-state index in [0.29, 0.717) is 25.2 Å². The number of methoxy groups -OCH3 is 1. The van der Waals surface area contributed by atoms with Crippen molar-refractivity contribution in [2.75, 3.05) is 38.2 Å². The molecule has 1 amide bonds. The summed E-state index contributed by atoms with van der Waals surface area (Å²) in [7, 11) is 1.37. The number of carbonyl (C=O) groups is 1. The first-order valence-corrected chi connectivity index (χ1v) is 10.4. The highest BCUT2D eigenvalue weighted by Crippen LogP contribution is 2.42. The molecule has 0 spiro atoms. The Kier molecular flexibility index (Phi) is 5.98. The molecule has 0 radical (unpaired) electrons. The number of pyridine rings is 1. The van der Waals surface area contributed by atoms with E-state index in [2.05, 4.69) is 4.98 Å². The molecule has 2 saturated heterocycles. The van der Waals surface area contributed by atoms with E-state index in [1.165, 1.54) is 18.2 Å². The Hall–Kier alpha value is -2.88. The topological polar surface area (TPSA) is 71.7 Å². The van der Waals surface area contributed by atoms with Gasteiger partial charge in [-0.1, -0.05) is 0 Å². The Morgan fingerprint density at radius 1 is 1.16 bits per heavy atom. The van der Waals surface area contributed by atoms with Gasteiger partial charge in [-0.05, 0) is 24.1 Å². The Bertz CT molecular complexity index is 1000. The Morgan fingerprint density at radius 3 is 2.38 bits per heavy atom. The van der Waals surface area contributed by atoms with Crippen LogP contribution in [0.4, 0.5) is 23.2 Å². The van der Waals surface area contributed by atoms with Crippen LogP contribution in [0.5, 0.6) is 5.88 Å². The number of alkyl halides is 2. The molecule has 3 heterocycles. The Morgan fingerprint density at radius 2 is 1.81 bits per heavy atom. The predicted octanol–water partition coefficient (Wildman–Crippen LogP) is 3.44. The molecule has 1 atom stereocenters. The third-order valence-corrected chi connectivity index (χ3v) is 5.91. The number of likely N-dealkylation sites (tertiary alicyclic amines) is 1. The summed E-state index contributed by atoms with van der Waals surface area (Å²) in [6.45, 7) is 0.731. The molecule has 172 valence electrons. The molecule has 6 nitrogen and oxygen atoms in total. The fraction of sp³-hybridized carbons (Fsp3) is 0.455. The lowest BCUT2D eigenvalue weighted by Crippen LogP contribution is -2.43. The second-order valence-electron chi connectivity index (χ2n) is 8.21. The average molecular weight is 452 g/mol. The Labute approximate surface area is 183 Å². The number of hydrogen-bond acceptors (Lipinski definition) is 5. The SMILES string of the molecule is COc1ncc(C(=O)N2CCC(F)(F)CC2)c(N2CC[C@H](N)C2)c1-c1cc(F)cc(F)c1. The smallest absolute Gasteiger partial charge is 0.257 e. The van der Waals surface area contributed by atoms with Crippen molar-refractivity contribution in [2.24, 2.45) is 5.73 Å². The molecule has 32 heavy (non-hydrogen) atoms. The molecule has 2 aliphatic heterocycles. The summed E-state index contributed by atoms with van der Waals surface area (Å²) >= 11 is 0.